The van der Waals surface area contributed by atoms with Gasteiger partial charge in [0.25, 0.3) is 0 Å². The van der Waals surface area contributed by atoms with Crippen molar-refractivity contribution in [1.82, 2.24) is 4.90 Å². The van der Waals surface area contributed by atoms with Crippen molar-refractivity contribution in [3.63, 3.8) is 0 Å². The van der Waals surface area contributed by atoms with Crippen LogP contribution < -0.4 is 0 Å². The van der Waals surface area contributed by atoms with Gasteiger partial charge in [-0.05, 0) is 38.5 Å². The molecule has 16 heavy (non-hydrogen) atoms. The van der Waals surface area contributed by atoms with E-state index in [9.17, 15) is 4.79 Å². The van der Waals surface area contributed by atoms with Gasteiger partial charge in [-0.1, -0.05) is 0 Å². The normalized spacial score (nSPS) is 26.5. The van der Waals surface area contributed by atoms with Crippen LogP contribution in [0.4, 0.5) is 4.79 Å². The first-order valence-corrected chi connectivity index (χ1v) is 6.39. The Hall–Kier alpha value is -0.770. The van der Waals surface area contributed by atoms with Crippen LogP contribution in [0.2, 0.25) is 0 Å². The van der Waals surface area contributed by atoms with E-state index >= 15 is 0 Å². The molecule has 2 aliphatic heterocycles. The standard InChI is InChI=1S/C12H21NO3/c14-12(13-7-3-1-4-8-13)16-10-11-6-2-5-9-15-11/h11H,1-10H2. The molecule has 0 bridgehead atoms. The van der Waals surface area contributed by atoms with Crippen molar-refractivity contribution in [3.8, 4) is 0 Å². The smallest absolute Gasteiger partial charge is 0.409 e. The molecule has 1 amide bonds. The molecule has 2 rings (SSSR count). The van der Waals surface area contributed by atoms with Crippen LogP contribution in [0.15, 0.2) is 0 Å². The van der Waals surface area contributed by atoms with Crippen LogP contribution in [-0.2, 0) is 9.47 Å². The summed E-state index contributed by atoms with van der Waals surface area (Å²) in [5.41, 5.74) is 0. The highest BCUT2D eigenvalue weighted by atomic mass is 16.6. The minimum Gasteiger partial charge on any atom is -0.447 e. The maximum atomic E-state index is 11.7. The number of amides is 1. The van der Waals surface area contributed by atoms with Crippen molar-refractivity contribution in [2.75, 3.05) is 26.3 Å². The van der Waals surface area contributed by atoms with E-state index in [-0.39, 0.29) is 12.2 Å². The van der Waals surface area contributed by atoms with Gasteiger partial charge in [0, 0.05) is 19.7 Å². The van der Waals surface area contributed by atoms with Crippen molar-refractivity contribution in [1.29, 1.82) is 0 Å². The van der Waals surface area contributed by atoms with E-state index in [1.165, 1.54) is 12.8 Å². The Bertz CT molecular complexity index is 220. The van der Waals surface area contributed by atoms with E-state index < -0.39 is 0 Å². The van der Waals surface area contributed by atoms with E-state index in [2.05, 4.69) is 0 Å². The Labute approximate surface area is 96.9 Å². The minimum absolute atomic E-state index is 0.127. The summed E-state index contributed by atoms with van der Waals surface area (Å²) < 4.78 is 10.8. The van der Waals surface area contributed by atoms with Gasteiger partial charge in [0.2, 0.25) is 0 Å². The maximum absolute atomic E-state index is 11.7. The van der Waals surface area contributed by atoms with Crippen molar-refractivity contribution >= 4 is 6.09 Å². The van der Waals surface area contributed by atoms with Crippen LogP contribution in [0.5, 0.6) is 0 Å². The van der Waals surface area contributed by atoms with Crippen molar-refractivity contribution in [2.45, 2.75) is 44.6 Å². The van der Waals surface area contributed by atoms with Gasteiger partial charge in [-0.15, -0.1) is 0 Å². The first-order valence-electron chi connectivity index (χ1n) is 6.39. The highest BCUT2D eigenvalue weighted by Crippen LogP contribution is 2.14. The third kappa shape index (κ3) is 3.37. The summed E-state index contributed by atoms with van der Waals surface area (Å²) in [5, 5.41) is 0. The van der Waals surface area contributed by atoms with E-state index in [0.717, 1.165) is 45.4 Å². The van der Waals surface area contributed by atoms with Crippen LogP contribution in [0.1, 0.15) is 38.5 Å². The highest BCUT2D eigenvalue weighted by molar-refractivity contribution is 5.67. The number of rotatable bonds is 2. The number of nitrogens with zero attached hydrogens (tertiary/aromatic N) is 1. The third-order valence-electron chi connectivity index (χ3n) is 3.28. The molecular formula is C12H21NO3. The molecule has 4 heteroatoms. The fourth-order valence-electron chi connectivity index (χ4n) is 2.27. The summed E-state index contributed by atoms with van der Waals surface area (Å²) in [6, 6.07) is 0. The molecule has 0 aliphatic carbocycles. The van der Waals surface area contributed by atoms with Gasteiger partial charge in [-0.25, -0.2) is 4.79 Å². The quantitative estimate of drug-likeness (QED) is 0.725. The van der Waals surface area contributed by atoms with E-state index in [0.29, 0.717) is 6.61 Å². The number of carbonyl (C=O) groups excluding carboxylic acids is 1. The van der Waals surface area contributed by atoms with Crippen molar-refractivity contribution in [3.05, 3.63) is 0 Å². The molecule has 0 N–H and O–H groups in total. The molecular weight excluding hydrogens is 206 g/mol. The molecule has 0 spiro atoms. The van der Waals surface area contributed by atoms with Gasteiger partial charge < -0.3 is 14.4 Å². The summed E-state index contributed by atoms with van der Waals surface area (Å²) in [5.74, 6) is 0. The second-order valence-corrected chi connectivity index (χ2v) is 4.61. The Morgan fingerprint density at radius 1 is 1.19 bits per heavy atom. The fraction of sp³-hybridized carbons (Fsp3) is 0.917. The Morgan fingerprint density at radius 3 is 2.69 bits per heavy atom. The molecule has 0 saturated carbocycles. The van der Waals surface area contributed by atoms with Crippen LogP contribution in [-0.4, -0.2) is 43.4 Å². The average Bonchev–Trinajstić information content (AvgIpc) is 2.38. The zero-order valence-electron chi connectivity index (χ0n) is 9.82. The largest absolute Gasteiger partial charge is 0.447 e. The summed E-state index contributed by atoms with van der Waals surface area (Å²) in [4.78, 5) is 13.5. The minimum atomic E-state index is -0.158. The molecule has 0 radical (unpaired) electrons. The molecule has 1 unspecified atom stereocenters. The van der Waals surface area contributed by atoms with Gasteiger partial charge in [0.15, 0.2) is 0 Å². The molecule has 0 aromatic carbocycles. The monoisotopic (exact) mass is 227 g/mol. The molecule has 2 aliphatic rings. The lowest BCUT2D eigenvalue weighted by Crippen LogP contribution is -2.38. The lowest BCUT2D eigenvalue weighted by molar-refractivity contribution is -0.0286. The second kappa shape index (κ2) is 6.09. The van der Waals surface area contributed by atoms with Crippen LogP contribution >= 0.6 is 0 Å². The van der Waals surface area contributed by atoms with Crippen LogP contribution in [0.3, 0.4) is 0 Å². The SMILES string of the molecule is O=C(OCC1CCCCO1)N1CCCCC1. The first kappa shape index (κ1) is 11.7. The van der Waals surface area contributed by atoms with Crippen LogP contribution in [0, 0.1) is 0 Å². The predicted molar refractivity (Wildman–Crippen MR) is 60.4 cm³/mol. The number of hydrogen-bond donors (Lipinski definition) is 0. The lowest BCUT2D eigenvalue weighted by atomic mass is 10.1. The van der Waals surface area contributed by atoms with E-state index in [4.69, 9.17) is 9.47 Å². The van der Waals surface area contributed by atoms with Gasteiger partial charge in [-0.2, -0.15) is 0 Å². The van der Waals surface area contributed by atoms with Gasteiger partial charge in [0.1, 0.15) is 6.61 Å². The van der Waals surface area contributed by atoms with Crippen molar-refractivity contribution in [2.24, 2.45) is 0 Å². The third-order valence-corrected chi connectivity index (χ3v) is 3.28. The zero-order chi connectivity index (χ0) is 11.2. The van der Waals surface area contributed by atoms with Gasteiger partial charge in [-0.3, -0.25) is 0 Å². The van der Waals surface area contributed by atoms with Crippen LogP contribution in [0.25, 0.3) is 0 Å². The molecule has 2 fully saturated rings. The first-order chi connectivity index (χ1) is 7.86. The molecule has 0 aromatic heterocycles. The van der Waals surface area contributed by atoms with E-state index in [1.807, 2.05) is 4.90 Å². The average molecular weight is 227 g/mol. The zero-order valence-corrected chi connectivity index (χ0v) is 9.82. The molecule has 0 aromatic rings. The molecule has 2 saturated heterocycles. The van der Waals surface area contributed by atoms with Crippen molar-refractivity contribution < 1.29 is 14.3 Å². The predicted octanol–water partition coefficient (Wildman–Crippen LogP) is 2.18. The Morgan fingerprint density at radius 2 is 2.00 bits per heavy atom. The number of likely N-dealkylation sites (tertiary alicyclic amines) is 1. The number of piperidine rings is 1. The molecule has 92 valence electrons. The molecule has 4 nitrogen and oxygen atoms in total. The number of hydrogen-bond acceptors (Lipinski definition) is 3. The lowest BCUT2D eigenvalue weighted by Gasteiger charge is -2.27. The summed E-state index contributed by atoms with van der Waals surface area (Å²) in [6.07, 6.45) is 6.76. The number of carbonyl (C=O) groups is 1. The highest BCUT2D eigenvalue weighted by Gasteiger charge is 2.20. The molecule has 2 heterocycles. The summed E-state index contributed by atoms with van der Waals surface area (Å²) >= 11 is 0. The molecule has 1 atom stereocenters. The Kier molecular flexibility index (Phi) is 4.45. The summed E-state index contributed by atoms with van der Waals surface area (Å²) in [6.45, 7) is 2.94. The topological polar surface area (TPSA) is 38.8 Å². The number of ether oxygens (including phenoxy) is 2. The summed E-state index contributed by atoms with van der Waals surface area (Å²) in [7, 11) is 0. The van der Waals surface area contributed by atoms with Gasteiger partial charge in [0.05, 0.1) is 6.10 Å². The van der Waals surface area contributed by atoms with E-state index in [1.54, 1.807) is 0 Å². The maximum Gasteiger partial charge on any atom is 0.409 e. The Balaban J connectivity index is 1.65. The fourth-order valence-corrected chi connectivity index (χ4v) is 2.27. The second-order valence-electron chi connectivity index (χ2n) is 4.61. The van der Waals surface area contributed by atoms with Gasteiger partial charge >= 0.3 is 6.09 Å².